The van der Waals surface area contributed by atoms with Gasteiger partial charge in [0, 0.05) is 11.6 Å². The van der Waals surface area contributed by atoms with Gasteiger partial charge in [0.25, 0.3) is 0 Å². The van der Waals surface area contributed by atoms with Gasteiger partial charge in [-0.05, 0) is 49.5 Å². The summed E-state index contributed by atoms with van der Waals surface area (Å²) in [4.78, 5) is 0. The second-order valence-electron chi connectivity index (χ2n) is 4.70. The van der Waals surface area contributed by atoms with Crippen LogP contribution in [0, 0.1) is 0 Å². The van der Waals surface area contributed by atoms with Crippen molar-refractivity contribution in [2.24, 2.45) is 0 Å². The summed E-state index contributed by atoms with van der Waals surface area (Å²) in [6.45, 7) is 4.72. The van der Waals surface area contributed by atoms with E-state index < -0.39 is 0 Å². The summed E-state index contributed by atoms with van der Waals surface area (Å²) in [7, 11) is 0. The van der Waals surface area contributed by atoms with Gasteiger partial charge in [-0.1, -0.05) is 23.7 Å². The van der Waals surface area contributed by atoms with Gasteiger partial charge in [0.05, 0.1) is 6.10 Å². The summed E-state index contributed by atoms with van der Waals surface area (Å²) < 4.78 is 9.80. The maximum Gasteiger partial charge on any atom is 0.197 e. The van der Waals surface area contributed by atoms with Crippen LogP contribution in [0.15, 0.2) is 24.3 Å². The van der Waals surface area contributed by atoms with E-state index in [1.54, 1.807) is 0 Å². The Kier molecular flexibility index (Phi) is 5.09. The highest BCUT2D eigenvalue weighted by molar-refractivity contribution is 7.11. The third-order valence-electron chi connectivity index (χ3n) is 2.64. The lowest BCUT2D eigenvalue weighted by atomic mass is 10.1. The molecule has 0 radical (unpaired) electrons. The zero-order chi connectivity index (χ0) is 14.5. The molecule has 0 fully saturated rings. The lowest BCUT2D eigenvalue weighted by Crippen LogP contribution is -2.10. The quantitative estimate of drug-likeness (QED) is 0.851. The monoisotopic (exact) mass is 311 g/mol. The number of rotatable bonds is 6. The Hall–Kier alpha value is -1.46. The third kappa shape index (κ3) is 4.02. The Morgan fingerprint density at radius 2 is 2.05 bits per heavy atom. The molecule has 0 aliphatic heterocycles. The molecule has 0 saturated carbocycles. The minimum absolute atomic E-state index is 0.0746. The van der Waals surface area contributed by atoms with E-state index in [-0.39, 0.29) is 6.10 Å². The SMILES string of the molecule is CC(C)Oc1c(N)nsc1NCCc1ccc(Cl)cc1. The van der Waals surface area contributed by atoms with Crippen LogP contribution < -0.4 is 15.8 Å². The normalized spacial score (nSPS) is 10.8. The Labute approximate surface area is 128 Å². The number of nitrogens with one attached hydrogen (secondary N) is 1. The average Bonchev–Trinajstić information content (AvgIpc) is 2.73. The number of halogens is 1. The molecule has 0 aliphatic rings. The summed E-state index contributed by atoms with van der Waals surface area (Å²) in [5.74, 6) is 1.10. The van der Waals surface area contributed by atoms with Crippen molar-refractivity contribution in [1.82, 2.24) is 4.37 Å². The molecule has 20 heavy (non-hydrogen) atoms. The van der Waals surface area contributed by atoms with E-state index in [0.717, 1.165) is 23.0 Å². The molecule has 2 rings (SSSR count). The fourth-order valence-corrected chi connectivity index (χ4v) is 2.53. The molecule has 0 unspecified atom stereocenters. The van der Waals surface area contributed by atoms with Gasteiger partial charge in [0.2, 0.25) is 0 Å². The van der Waals surface area contributed by atoms with E-state index in [4.69, 9.17) is 22.1 Å². The maximum atomic E-state index is 5.86. The van der Waals surface area contributed by atoms with E-state index in [1.165, 1.54) is 17.1 Å². The van der Waals surface area contributed by atoms with Crippen LogP contribution in [-0.2, 0) is 6.42 Å². The minimum atomic E-state index is 0.0746. The van der Waals surface area contributed by atoms with Crippen molar-refractivity contribution >= 4 is 34.0 Å². The van der Waals surface area contributed by atoms with Crippen LogP contribution >= 0.6 is 23.1 Å². The van der Waals surface area contributed by atoms with Crippen molar-refractivity contribution < 1.29 is 4.74 Å². The number of nitrogen functional groups attached to an aromatic ring is 1. The molecule has 4 nitrogen and oxygen atoms in total. The summed E-state index contributed by atoms with van der Waals surface area (Å²) in [5.41, 5.74) is 7.04. The Morgan fingerprint density at radius 1 is 1.35 bits per heavy atom. The van der Waals surface area contributed by atoms with Crippen LogP contribution in [0.1, 0.15) is 19.4 Å². The predicted molar refractivity (Wildman–Crippen MR) is 85.9 cm³/mol. The van der Waals surface area contributed by atoms with Gasteiger partial charge in [-0.15, -0.1) is 0 Å². The van der Waals surface area contributed by atoms with Crippen molar-refractivity contribution in [2.45, 2.75) is 26.4 Å². The number of anilines is 2. The van der Waals surface area contributed by atoms with Crippen molar-refractivity contribution in [1.29, 1.82) is 0 Å². The molecule has 1 aromatic carbocycles. The molecule has 0 atom stereocenters. The topological polar surface area (TPSA) is 60.2 Å². The number of hydrogen-bond acceptors (Lipinski definition) is 5. The number of aromatic nitrogens is 1. The highest BCUT2D eigenvalue weighted by atomic mass is 35.5. The first-order chi connectivity index (χ1) is 9.56. The van der Waals surface area contributed by atoms with E-state index in [2.05, 4.69) is 9.69 Å². The first-order valence-electron chi connectivity index (χ1n) is 6.46. The minimum Gasteiger partial charge on any atom is -0.484 e. The molecule has 0 bridgehead atoms. The largest absolute Gasteiger partial charge is 0.484 e. The van der Waals surface area contributed by atoms with Gasteiger partial charge >= 0.3 is 0 Å². The first kappa shape index (κ1) is 14.9. The lowest BCUT2D eigenvalue weighted by molar-refractivity contribution is 0.245. The molecular formula is C14H18ClN3OS. The van der Waals surface area contributed by atoms with Gasteiger partial charge in [-0.3, -0.25) is 0 Å². The van der Waals surface area contributed by atoms with Crippen LogP contribution in [0.2, 0.25) is 5.02 Å². The second-order valence-corrected chi connectivity index (χ2v) is 5.91. The molecule has 3 N–H and O–H groups in total. The highest BCUT2D eigenvalue weighted by Gasteiger charge is 2.13. The summed E-state index contributed by atoms with van der Waals surface area (Å²) in [6, 6.07) is 7.84. The molecule has 0 aliphatic carbocycles. The molecule has 6 heteroatoms. The Balaban J connectivity index is 1.92. The maximum absolute atomic E-state index is 5.86. The van der Waals surface area contributed by atoms with Crippen LogP contribution in [0.4, 0.5) is 10.8 Å². The molecular weight excluding hydrogens is 294 g/mol. The predicted octanol–water partition coefficient (Wildman–Crippen LogP) is 3.82. The number of nitrogens with two attached hydrogens (primary N) is 1. The van der Waals surface area contributed by atoms with E-state index in [9.17, 15) is 0 Å². The summed E-state index contributed by atoms with van der Waals surface area (Å²) in [5, 5.41) is 4.95. The van der Waals surface area contributed by atoms with Crippen LogP contribution in [0.25, 0.3) is 0 Å². The van der Waals surface area contributed by atoms with E-state index in [1.807, 2.05) is 38.1 Å². The first-order valence-corrected chi connectivity index (χ1v) is 7.61. The summed E-state index contributed by atoms with van der Waals surface area (Å²) in [6.07, 6.45) is 0.973. The fraction of sp³-hybridized carbons (Fsp3) is 0.357. The Bertz CT molecular complexity index is 554. The van der Waals surface area contributed by atoms with Crippen LogP contribution in [0.3, 0.4) is 0 Å². The standard InChI is InChI=1S/C14H18ClN3OS/c1-9(2)19-12-13(16)18-20-14(12)17-8-7-10-3-5-11(15)6-4-10/h3-6,9,17H,7-8H2,1-2H3,(H2,16,18). The van der Waals surface area contributed by atoms with Gasteiger partial charge in [0.15, 0.2) is 16.6 Å². The third-order valence-corrected chi connectivity index (χ3v) is 3.69. The van der Waals surface area contributed by atoms with Crippen molar-refractivity contribution in [3.8, 4) is 5.75 Å². The van der Waals surface area contributed by atoms with Crippen LogP contribution in [-0.4, -0.2) is 17.0 Å². The smallest absolute Gasteiger partial charge is 0.197 e. The zero-order valence-corrected chi connectivity index (χ0v) is 13.1. The molecule has 1 aromatic heterocycles. The highest BCUT2D eigenvalue weighted by Crippen LogP contribution is 2.35. The van der Waals surface area contributed by atoms with Crippen molar-refractivity contribution in [2.75, 3.05) is 17.6 Å². The molecule has 0 amide bonds. The number of ether oxygens (including phenoxy) is 1. The van der Waals surface area contributed by atoms with E-state index >= 15 is 0 Å². The number of nitrogens with zero attached hydrogens (tertiary/aromatic N) is 1. The molecule has 1 heterocycles. The van der Waals surface area contributed by atoms with Gasteiger partial charge in [0.1, 0.15) is 0 Å². The van der Waals surface area contributed by atoms with Gasteiger partial charge < -0.3 is 15.8 Å². The van der Waals surface area contributed by atoms with Crippen molar-refractivity contribution in [3.05, 3.63) is 34.9 Å². The van der Waals surface area contributed by atoms with Crippen LogP contribution in [0.5, 0.6) is 5.75 Å². The molecule has 2 aromatic rings. The van der Waals surface area contributed by atoms with Crippen molar-refractivity contribution in [3.63, 3.8) is 0 Å². The number of hydrogen-bond donors (Lipinski definition) is 2. The zero-order valence-electron chi connectivity index (χ0n) is 11.5. The summed E-state index contributed by atoms with van der Waals surface area (Å²) >= 11 is 7.18. The molecule has 0 saturated heterocycles. The molecule has 0 spiro atoms. The number of benzene rings is 1. The Morgan fingerprint density at radius 3 is 2.70 bits per heavy atom. The average molecular weight is 312 g/mol. The molecule has 108 valence electrons. The fourth-order valence-electron chi connectivity index (χ4n) is 1.73. The lowest BCUT2D eigenvalue weighted by Gasteiger charge is -2.11. The van der Waals surface area contributed by atoms with Gasteiger partial charge in [-0.2, -0.15) is 4.37 Å². The van der Waals surface area contributed by atoms with Gasteiger partial charge in [-0.25, -0.2) is 0 Å². The second kappa shape index (κ2) is 6.81. The van der Waals surface area contributed by atoms with E-state index in [0.29, 0.717) is 11.6 Å².